The van der Waals surface area contributed by atoms with Crippen LogP contribution in [0.4, 0.5) is 15.8 Å². The van der Waals surface area contributed by atoms with Gasteiger partial charge in [-0.25, -0.2) is 4.39 Å². The summed E-state index contributed by atoms with van der Waals surface area (Å²) in [5, 5.41) is 22.9. The average molecular weight is 486 g/mol. The fourth-order valence-corrected chi connectivity index (χ4v) is 3.39. The van der Waals surface area contributed by atoms with Crippen LogP contribution in [0.5, 0.6) is 5.75 Å². The number of hydrogen-bond acceptors (Lipinski definition) is 5. The summed E-state index contributed by atoms with van der Waals surface area (Å²) in [6.07, 6.45) is 1.26. The second-order valence-electron chi connectivity index (χ2n) is 6.63. The fourth-order valence-electron chi connectivity index (χ4n) is 2.78. The first-order valence-corrected chi connectivity index (χ1v) is 10.1. The maximum atomic E-state index is 13.8. The molecule has 33 heavy (non-hydrogen) atoms. The highest BCUT2D eigenvalue weighted by molar-refractivity contribution is 6.37. The van der Waals surface area contributed by atoms with Crippen LogP contribution >= 0.6 is 23.2 Å². The van der Waals surface area contributed by atoms with Gasteiger partial charge in [-0.1, -0.05) is 47.5 Å². The minimum atomic E-state index is -0.773. The number of rotatable bonds is 7. The van der Waals surface area contributed by atoms with Gasteiger partial charge in [0.1, 0.15) is 24.1 Å². The van der Waals surface area contributed by atoms with Gasteiger partial charge in [-0.2, -0.15) is 5.26 Å². The number of ether oxygens (including phenoxy) is 1. The summed E-state index contributed by atoms with van der Waals surface area (Å²) < 4.78 is 19.3. The number of halogens is 3. The van der Waals surface area contributed by atoms with Gasteiger partial charge in [-0.3, -0.25) is 14.9 Å². The van der Waals surface area contributed by atoms with E-state index in [4.69, 9.17) is 27.9 Å². The molecule has 0 aliphatic carbocycles. The zero-order valence-electron chi connectivity index (χ0n) is 16.7. The summed E-state index contributed by atoms with van der Waals surface area (Å²) in [4.78, 5) is 22.7. The standard InChI is InChI=1S/C23H14Cl2FN3O4/c24-19-9-14(10-20(25)22(19)33-13-15-4-1-2-7-21(15)26)8-16(12-27)23(30)28-17-5-3-6-18(11-17)29(31)32/h1-11H,13H2,(H,28,30)/b16-8+. The van der Waals surface area contributed by atoms with Crippen molar-refractivity contribution in [2.24, 2.45) is 0 Å². The lowest BCUT2D eigenvalue weighted by atomic mass is 10.1. The smallest absolute Gasteiger partial charge is 0.271 e. The number of nitrogens with one attached hydrogen (secondary N) is 1. The number of nitriles is 1. The van der Waals surface area contributed by atoms with E-state index >= 15 is 0 Å². The molecule has 7 nitrogen and oxygen atoms in total. The van der Waals surface area contributed by atoms with E-state index in [-0.39, 0.29) is 39.3 Å². The number of nitrogens with zero attached hydrogens (tertiary/aromatic N) is 2. The zero-order chi connectivity index (χ0) is 24.0. The summed E-state index contributed by atoms with van der Waals surface area (Å²) in [7, 11) is 0. The van der Waals surface area contributed by atoms with Crippen molar-refractivity contribution in [1.29, 1.82) is 5.26 Å². The second kappa shape index (κ2) is 10.6. The van der Waals surface area contributed by atoms with Crippen LogP contribution in [0.2, 0.25) is 10.0 Å². The molecule has 0 aliphatic rings. The van der Waals surface area contributed by atoms with E-state index in [2.05, 4.69) is 5.32 Å². The predicted octanol–water partition coefficient (Wildman–Crippen LogP) is 6.17. The van der Waals surface area contributed by atoms with Gasteiger partial charge in [-0.05, 0) is 35.9 Å². The number of nitro benzene ring substituents is 1. The maximum Gasteiger partial charge on any atom is 0.271 e. The first-order valence-electron chi connectivity index (χ1n) is 9.31. The summed E-state index contributed by atoms with van der Waals surface area (Å²) in [6.45, 7) is -0.101. The zero-order valence-corrected chi connectivity index (χ0v) is 18.2. The topological polar surface area (TPSA) is 105 Å². The third kappa shape index (κ3) is 6.07. The number of amides is 1. The summed E-state index contributed by atoms with van der Waals surface area (Å²) in [6, 6.07) is 16.0. The van der Waals surface area contributed by atoms with Crippen LogP contribution in [0.15, 0.2) is 66.2 Å². The second-order valence-corrected chi connectivity index (χ2v) is 7.44. The van der Waals surface area contributed by atoms with Gasteiger partial charge in [0.25, 0.3) is 11.6 Å². The number of benzene rings is 3. The molecule has 0 heterocycles. The van der Waals surface area contributed by atoms with Crippen LogP contribution in [-0.4, -0.2) is 10.8 Å². The van der Waals surface area contributed by atoms with Crippen molar-refractivity contribution < 1.29 is 18.8 Å². The van der Waals surface area contributed by atoms with E-state index in [1.807, 2.05) is 0 Å². The Morgan fingerprint density at radius 2 is 1.85 bits per heavy atom. The van der Waals surface area contributed by atoms with E-state index in [0.29, 0.717) is 11.1 Å². The van der Waals surface area contributed by atoms with E-state index in [9.17, 15) is 24.6 Å². The molecule has 166 valence electrons. The molecular weight excluding hydrogens is 472 g/mol. The Morgan fingerprint density at radius 1 is 1.15 bits per heavy atom. The number of anilines is 1. The van der Waals surface area contributed by atoms with Gasteiger partial charge in [0, 0.05) is 23.4 Å². The van der Waals surface area contributed by atoms with Crippen molar-refractivity contribution in [1.82, 2.24) is 0 Å². The van der Waals surface area contributed by atoms with Crippen molar-refractivity contribution in [2.45, 2.75) is 6.61 Å². The third-order valence-electron chi connectivity index (χ3n) is 4.34. The molecule has 3 aromatic carbocycles. The molecule has 0 aromatic heterocycles. The molecule has 0 aliphatic heterocycles. The SMILES string of the molecule is N#C/C(=C\c1cc(Cl)c(OCc2ccccc2F)c(Cl)c1)C(=O)Nc1cccc([N+](=O)[O-])c1. The Labute approximate surface area is 197 Å². The summed E-state index contributed by atoms with van der Waals surface area (Å²) in [5.74, 6) is -1.08. The molecule has 1 N–H and O–H groups in total. The molecule has 0 unspecified atom stereocenters. The molecule has 0 saturated carbocycles. The van der Waals surface area contributed by atoms with Crippen LogP contribution in [-0.2, 0) is 11.4 Å². The number of hydrogen-bond donors (Lipinski definition) is 1. The summed E-state index contributed by atoms with van der Waals surface area (Å²) >= 11 is 12.5. The van der Waals surface area contributed by atoms with Crippen LogP contribution in [0.1, 0.15) is 11.1 Å². The van der Waals surface area contributed by atoms with E-state index in [1.165, 1.54) is 48.5 Å². The van der Waals surface area contributed by atoms with Crippen molar-refractivity contribution >= 4 is 46.6 Å². The third-order valence-corrected chi connectivity index (χ3v) is 4.90. The van der Waals surface area contributed by atoms with Gasteiger partial charge in [0.15, 0.2) is 5.75 Å². The van der Waals surface area contributed by atoms with Crippen molar-refractivity contribution in [3.05, 3.63) is 103 Å². The highest BCUT2D eigenvalue weighted by Crippen LogP contribution is 2.35. The molecule has 0 radical (unpaired) electrons. The normalized spacial score (nSPS) is 10.9. The highest BCUT2D eigenvalue weighted by Gasteiger charge is 2.15. The van der Waals surface area contributed by atoms with Crippen LogP contribution in [0.3, 0.4) is 0 Å². The molecule has 3 rings (SSSR count). The Kier molecular flexibility index (Phi) is 7.61. The lowest BCUT2D eigenvalue weighted by molar-refractivity contribution is -0.384. The van der Waals surface area contributed by atoms with E-state index < -0.39 is 16.6 Å². The van der Waals surface area contributed by atoms with E-state index in [0.717, 1.165) is 0 Å². The maximum absolute atomic E-state index is 13.8. The Bertz CT molecular complexity index is 1280. The average Bonchev–Trinajstić information content (AvgIpc) is 2.78. The molecule has 0 bridgehead atoms. The lowest BCUT2D eigenvalue weighted by Gasteiger charge is -2.11. The molecule has 0 saturated heterocycles. The van der Waals surface area contributed by atoms with Crippen molar-refractivity contribution in [3.63, 3.8) is 0 Å². The molecule has 10 heteroatoms. The minimum Gasteiger partial charge on any atom is -0.486 e. The monoisotopic (exact) mass is 485 g/mol. The number of carbonyl (C=O) groups excluding carboxylic acids is 1. The van der Waals surface area contributed by atoms with Crippen molar-refractivity contribution in [2.75, 3.05) is 5.32 Å². The van der Waals surface area contributed by atoms with Gasteiger partial charge >= 0.3 is 0 Å². The van der Waals surface area contributed by atoms with Gasteiger partial charge in [-0.15, -0.1) is 0 Å². The Balaban J connectivity index is 1.79. The quantitative estimate of drug-likeness (QED) is 0.186. The molecule has 0 spiro atoms. The van der Waals surface area contributed by atoms with Gasteiger partial charge in [0.2, 0.25) is 0 Å². The Morgan fingerprint density at radius 3 is 2.48 bits per heavy atom. The van der Waals surface area contributed by atoms with Crippen LogP contribution < -0.4 is 10.1 Å². The lowest BCUT2D eigenvalue weighted by Crippen LogP contribution is -2.13. The molecule has 0 fully saturated rings. The first kappa shape index (κ1) is 23.7. The molecule has 0 atom stereocenters. The van der Waals surface area contributed by atoms with Crippen LogP contribution in [0.25, 0.3) is 6.08 Å². The number of non-ortho nitro benzene ring substituents is 1. The Hall–Kier alpha value is -3.93. The highest BCUT2D eigenvalue weighted by atomic mass is 35.5. The first-order chi connectivity index (χ1) is 15.8. The van der Waals surface area contributed by atoms with Gasteiger partial charge in [0.05, 0.1) is 15.0 Å². The predicted molar refractivity (Wildman–Crippen MR) is 123 cm³/mol. The minimum absolute atomic E-state index is 0.0986. The largest absolute Gasteiger partial charge is 0.486 e. The molecule has 3 aromatic rings. The number of carbonyl (C=O) groups is 1. The fraction of sp³-hybridized carbons (Fsp3) is 0.0435. The molecule has 1 amide bonds. The number of nitro groups is 1. The molecular formula is C23H14Cl2FN3O4. The summed E-state index contributed by atoms with van der Waals surface area (Å²) in [5.41, 5.74) is 0.323. The van der Waals surface area contributed by atoms with Crippen LogP contribution in [0, 0.1) is 27.3 Å². The van der Waals surface area contributed by atoms with Crippen molar-refractivity contribution in [3.8, 4) is 11.8 Å². The van der Waals surface area contributed by atoms with E-state index in [1.54, 1.807) is 24.3 Å². The van der Waals surface area contributed by atoms with Gasteiger partial charge < -0.3 is 10.1 Å².